The van der Waals surface area contributed by atoms with Crippen molar-refractivity contribution in [1.29, 1.82) is 0 Å². The van der Waals surface area contributed by atoms with E-state index in [0.29, 0.717) is 5.56 Å². The molecular formula is C14H20F2OSi. The maximum atomic E-state index is 13.1. The van der Waals surface area contributed by atoms with Crippen molar-refractivity contribution in [3.63, 3.8) is 0 Å². The molecule has 0 N–H and O–H groups in total. The monoisotopic (exact) mass is 270 g/mol. The molecule has 1 unspecified atom stereocenters. The molecule has 0 fully saturated rings. The molecule has 18 heavy (non-hydrogen) atoms. The Balaban J connectivity index is 2.87. The zero-order chi connectivity index (χ0) is 13.9. The maximum absolute atomic E-state index is 13.1. The minimum Gasteiger partial charge on any atom is -0.548 e. The van der Waals surface area contributed by atoms with Crippen molar-refractivity contribution in [3.05, 3.63) is 47.2 Å². The van der Waals surface area contributed by atoms with Gasteiger partial charge in [0.2, 0.25) is 8.32 Å². The molecule has 0 spiro atoms. The number of rotatable bonds is 4. The van der Waals surface area contributed by atoms with Gasteiger partial charge in [0.1, 0.15) is 11.6 Å². The Hall–Kier alpha value is -1.16. The highest BCUT2D eigenvalue weighted by atomic mass is 28.4. The van der Waals surface area contributed by atoms with Gasteiger partial charge in [0.05, 0.1) is 5.76 Å². The summed E-state index contributed by atoms with van der Waals surface area (Å²) in [7, 11) is -1.63. The molecule has 0 aliphatic heterocycles. The molecule has 0 radical (unpaired) electrons. The van der Waals surface area contributed by atoms with Gasteiger partial charge in [-0.05, 0) is 50.3 Å². The van der Waals surface area contributed by atoms with Gasteiger partial charge < -0.3 is 4.43 Å². The Morgan fingerprint density at radius 1 is 1.17 bits per heavy atom. The van der Waals surface area contributed by atoms with Crippen LogP contribution in [0.4, 0.5) is 8.78 Å². The van der Waals surface area contributed by atoms with Gasteiger partial charge in [-0.25, -0.2) is 8.78 Å². The predicted octanol–water partition coefficient (Wildman–Crippen LogP) is 4.82. The highest BCUT2D eigenvalue weighted by Crippen LogP contribution is 2.22. The Morgan fingerprint density at radius 3 is 2.11 bits per heavy atom. The third-order valence-electron chi connectivity index (χ3n) is 2.36. The number of hydrogen-bond acceptors (Lipinski definition) is 1. The summed E-state index contributed by atoms with van der Waals surface area (Å²) >= 11 is 0. The lowest BCUT2D eigenvalue weighted by atomic mass is 10.0. The first kappa shape index (κ1) is 14.9. The van der Waals surface area contributed by atoms with Gasteiger partial charge in [-0.2, -0.15) is 0 Å². The molecule has 0 heterocycles. The molecule has 0 saturated carbocycles. The van der Waals surface area contributed by atoms with Crippen molar-refractivity contribution in [2.75, 3.05) is 0 Å². The number of allylic oxidation sites excluding steroid dienone is 2. The van der Waals surface area contributed by atoms with E-state index in [1.165, 1.54) is 12.1 Å². The summed E-state index contributed by atoms with van der Waals surface area (Å²) in [5.41, 5.74) is 0.617. The molecule has 1 aromatic carbocycles. The quantitative estimate of drug-likeness (QED) is 0.563. The van der Waals surface area contributed by atoms with E-state index in [4.69, 9.17) is 4.43 Å². The number of halogens is 2. The fourth-order valence-electron chi connectivity index (χ4n) is 1.80. The molecular weight excluding hydrogens is 250 g/mol. The normalized spacial score (nSPS) is 14.5. The fourth-order valence-corrected chi connectivity index (χ4v) is 2.84. The summed E-state index contributed by atoms with van der Waals surface area (Å²) < 4.78 is 32.0. The first-order valence-electron chi connectivity index (χ1n) is 6.01. The highest BCUT2D eigenvalue weighted by molar-refractivity contribution is 6.70. The van der Waals surface area contributed by atoms with E-state index in [0.717, 1.165) is 11.8 Å². The fraction of sp³-hybridized carbons (Fsp3) is 0.429. The second kappa shape index (κ2) is 5.65. The van der Waals surface area contributed by atoms with Crippen LogP contribution in [-0.4, -0.2) is 8.32 Å². The van der Waals surface area contributed by atoms with Gasteiger partial charge in [-0.15, -0.1) is 0 Å². The Kier molecular flexibility index (Phi) is 4.68. The van der Waals surface area contributed by atoms with Crippen molar-refractivity contribution in [1.82, 2.24) is 0 Å². The number of benzene rings is 1. The van der Waals surface area contributed by atoms with E-state index in [2.05, 4.69) is 19.6 Å². The second-order valence-corrected chi connectivity index (χ2v) is 9.91. The lowest BCUT2D eigenvalue weighted by molar-refractivity contribution is 0.420. The molecule has 0 aromatic heterocycles. The third kappa shape index (κ3) is 5.00. The van der Waals surface area contributed by atoms with Crippen LogP contribution in [0.25, 0.3) is 0 Å². The van der Waals surface area contributed by atoms with E-state index in [1.807, 2.05) is 19.9 Å². The molecule has 0 saturated heterocycles. The van der Waals surface area contributed by atoms with Gasteiger partial charge in [-0.3, -0.25) is 0 Å². The summed E-state index contributed by atoms with van der Waals surface area (Å²) in [5, 5.41) is 0. The van der Waals surface area contributed by atoms with Crippen LogP contribution in [0, 0.1) is 11.6 Å². The molecule has 0 bridgehead atoms. The Bertz CT molecular complexity index is 429. The molecule has 1 nitrogen and oxygen atoms in total. The van der Waals surface area contributed by atoms with E-state index in [1.54, 1.807) is 0 Å². The van der Waals surface area contributed by atoms with Crippen LogP contribution in [0.3, 0.4) is 0 Å². The van der Waals surface area contributed by atoms with Gasteiger partial charge in [-0.1, -0.05) is 6.92 Å². The molecule has 1 atom stereocenters. The van der Waals surface area contributed by atoms with E-state index >= 15 is 0 Å². The van der Waals surface area contributed by atoms with E-state index in [-0.39, 0.29) is 5.92 Å². The van der Waals surface area contributed by atoms with Crippen molar-refractivity contribution in [2.45, 2.75) is 39.4 Å². The average molecular weight is 270 g/mol. The first-order chi connectivity index (χ1) is 8.17. The van der Waals surface area contributed by atoms with Crippen LogP contribution in [-0.2, 0) is 4.43 Å². The molecule has 0 aliphatic carbocycles. The topological polar surface area (TPSA) is 9.23 Å². The lowest BCUT2D eigenvalue weighted by Crippen LogP contribution is -2.24. The largest absolute Gasteiger partial charge is 0.548 e. The second-order valence-electron chi connectivity index (χ2n) is 5.48. The van der Waals surface area contributed by atoms with Crippen molar-refractivity contribution in [3.8, 4) is 0 Å². The predicted molar refractivity (Wildman–Crippen MR) is 73.0 cm³/mol. The van der Waals surface area contributed by atoms with Crippen LogP contribution >= 0.6 is 0 Å². The third-order valence-corrected chi connectivity index (χ3v) is 3.30. The van der Waals surface area contributed by atoms with Gasteiger partial charge in [0.15, 0.2) is 0 Å². The van der Waals surface area contributed by atoms with Crippen LogP contribution in [0.2, 0.25) is 19.6 Å². The summed E-state index contributed by atoms with van der Waals surface area (Å²) in [5.74, 6) is -0.360. The zero-order valence-electron chi connectivity index (χ0n) is 11.6. The molecule has 4 heteroatoms. The molecule has 1 aromatic rings. The van der Waals surface area contributed by atoms with Crippen LogP contribution in [0.5, 0.6) is 0 Å². The van der Waals surface area contributed by atoms with Gasteiger partial charge in [0.25, 0.3) is 0 Å². The Morgan fingerprint density at radius 2 is 1.67 bits per heavy atom. The number of hydrogen-bond donors (Lipinski definition) is 0. The summed E-state index contributed by atoms with van der Waals surface area (Å²) in [6, 6.07) is 3.59. The minimum atomic E-state index is -1.63. The van der Waals surface area contributed by atoms with Crippen LogP contribution in [0.15, 0.2) is 30.0 Å². The molecule has 100 valence electrons. The highest BCUT2D eigenvalue weighted by Gasteiger charge is 2.16. The average Bonchev–Trinajstić information content (AvgIpc) is 2.12. The summed E-state index contributed by atoms with van der Waals surface area (Å²) in [4.78, 5) is 0. The summed E-state index contributed by atoms with van der Waals surface area (Å²) in [6.07, 6.45) is 1.90. The summed E-state index contributed by atoms with van der Waals surface area (Å²) in [6.45, 7) is 10.1. The van der Waals surface area contributed by atoms with E-state index in [9.17, 15) is 8.78 Å². The van der Waals surface area contributed by atoms with Crippen molar-refractivity contribution < 1.29 is 13.2 Å². The minimum absolute atomic E-state index is 0.0773. The Labute approximate surface area is 109 Å². The van der Waals surface area contributed by atoms with Gasteiger partial charge in [0, 0.05) is 12.0 Å². The van der Waals surface area contributed by atoms with Crippen molar-refractivity contribution >= 4 is 8.32 Å². The standard InChI is InChI=1S/C14H20F2OSi/c1-10(6-11(2)17-18(3,4)5)12-7-13(15)9-14(16)8-12/h6-10H,1-5H3/b11-6+. The van der Waals surface area contributed by atoms with E-state index < -0.39 is 20.0 Å². The smallest absolute Gasteiger partial charge is 0.241 e. The molecule has 0 aliphatic rings. The van der Waals surface area contributed by atoms with Crippen LogP contribution < -0.4 is 0 Å². The molecule has 1 rings (SSSR count). The SMILES string of the molecule is C/C(=C\C(C)c1cc(F)cc(F)c1)O[Si](C)(C)C. The molecule has 0 amide bonds. The maximum Gasteiger partial charge on any atom is 0.241 e. The zero-order valence-corrected chi connectivity index (χ0v) is 12.6. The first-order valence-corrected chi connectivity index (χ1v) is 9.41. The van der Waals surface area contributed by atoms with Crippen LogP contribution in [0.1, 0.15) is 25.3 Å². The lowest BCUT2D eigenvalue weighted by Gasteiger charge is -2.20. The van der Waals surface area contributed by atoms with Crippen molar-refractivity contribution in [2.24, 2.45) is 0 Å². The van der Waals surface area contributed by atoms with Gasteiger partial charge >= 0.3 is 0 Å².